The van der Waals surface area contributed by atoms with Gasteiger partial charge in [0.05, 0.1) is 11.3 Å². The number of anilines is 3. The number of para-hydroxylation sites is 1. The second-order valence-corrected chi connectivity index (χ2v) is 3.61. The topological polar surface area (TPSA) is 65.9 Å². The number of rotatable bonds is 2. The fraction of sp³-hybridized carbons (Fsp3) is 0.0769. The maximum Gasteiger partial charge on any atom is 0.135 e. The molecule has 4 nitrogen and oxygen atoms in total. The molecule has 0 saturated carbocycles. The lowest BCUT2D eigenvalue weighted by Crippen LogP contribution is -2.13. The molecule has 84 valence electrons. The molecule has 0 aliphatic heterocycles. The first-order valence-electron chi connectivity index (χ1n) is 5.18. The highest BCUT2D eigenvalue weighted by Gasteiger charge is 2.09. The Morgan fingerprint density at radius 1 is 1.18 bits per heavy atom. The van der Waals surface area contributed by atoms with Crippen LogP contribution in [-0.4, -0.2) is 12.0 Å². The van der Waals surface area contributed by atoms with E-state index in [0.29, 0.717) is 17.2 Å². The first-order chi connectivity index (χ1) is 8.22. The zero-order valence-corrected chi connectivity index (χ0v) is 9.46. The van der Waals surface area contributed by atoms with Crippen molar-refractivity contribution in [1.82, 2.24) is 4.98 Å². The molecule has 2 rings (SSSR count). The van der Waals surface area contributed by atoms with Crippen molar-refractivity contribution in [3.8, 4) is 6.07 Å². The number of aromatic nitrogens is 1. The maximum absolute atomic E-state index is 9.05. The molecule has 0 aliphatic rings. The summed E-state index contributed by atoms with van der Waals surface area (Å²) in [6.45, 7) is 0. The molecule has 2 N–H and O–H groups in total. The highest BCUT2D eigenvalue weighted by atomic mass is 15.2. The summed E-state index contributed by atoms with van der Waals surface area (Å²) in [6.07, 6.45) is 0. The molecule has 4 heteroatoms. The predicted octanol–water partition coefficient (Wildman–Crippen LogP) is 2.30. The number of nitriles is 1. The zero-order valence-electron chi connectivity index (χ0n) is 9.46. The molecule has 0 spiro atoms. The van der Waals surface area contributed by atoms with E-state index in [1.165, 1.54) is 0 Å². The number of nitrogens with two attached hydrogens (primary N) is 1. The van der Waals surface area contributed by atoms with Crippen molar-refractivity contribution in [1.29, 1.82) is 5.26 Å². The van der Waals surface area contributed by atoms with E-state index in [2.05, 4.69) is 11.1 Å². The van der Waals surface area contributed by atoms with Gasteiger partial charge < -0.3 is 10.6 Å². The van der Waals surface area contributed by atoms with Crippen LogP contribution in [0.1, 0.15) is 5.56 Å². The van der Waals surface area contributed by atoms with E-state index < -0.39 is 0 Å². The summed E-state index contributed by atoms with van der Waals surface area (Å²) in [5, 5.41) is 9.05. The quantitative estimate of drug-likeness (QED) is 0.850. The smallest absolute Gasteiger partial charge is 0.135 e. The Morgan fingerprint density at radius 3 is 2.65 bits per heavy atom. The molecule has 0 amide bonds. The van der Waals surface area contributed by atoms with Crippen molar-refractivity contribution in [3.05, 3.63) is 48.0 Å². The Kier molecular flexibility index (Phi) is 2.93. The number of nitrogen functional groups attached to an aromatic ring is 1. The highest BCUT2D eigenvalue weighted by molar-refractivity contribution is 5.67. The lowest BCUT2D eigenvalue weighted by atomic mass is 10.2. The van der Waals surface area contributed by atoms with Gasteiger partial charge in [0.25, 0.3) is 0 Å². The molecule has 1 aromatic carbocycles. The van der Waals surface area contributed by atoms with E-state index in [-0.39, 0.29) is 0 Å². The monoisotopic (exact) mass is 224 g/mol. The van der Waals surface area contributed by atoms with Gasteiger partial charge in [-0.25, -0.2) is 4.98 Å². The van der Waals surface area contributed by atoms with Crippen LogP contribution < -0.4 is 10.6 Å². The maximum atomic E-state index is 9.05. The molecule has 0 saturated heterocycles. The third-order valence-corrected chi connectivity index (χ3v) is 2.49. The van der Waals surface area contributed by atoms with Gasteiger partial charge in [0, 0.05) is 7.05 Å². The standard InChI is InChI=1S/C13H12N4/c1-17(13-8-4-7-12(15)16-13)11-6-3-2-5-10(11)9-14/h2-8H,1H3,(H2,15,16). The zero-order chi connectivity index (χ0) is 12.3. The van der Waals surface area contributed by atoms with Gasteiger partial charge in [0.15, 0.2) is 0 Å². The van der Waals surface area contributed by atoms with Crippen molar-refractivity contribution >= 4 is 17.3 Å². The summed E-state index contributed by atoms with van der Waals surface area (Å²) in [6, 6.07) is 15.0. The van der Waals surface area contributed by atoms with Crippen molar-refractivity contribution in [2.45, 2.75) is 0 Å². The van der Waals surface area contributed by atoms with E-state index in [9.17, 15) is 0 Å². The summed E-state index contributed by atoms with van der Waals surface area (Å²) in [7, 11) is 1.86. The Balaban J connectivity index is 2.44. The van der Waals surface area contributed by atoms with Crippen LogP contribution in [0.3, 0.4) is 0 Å². The number of hydrogen-bond acceptors (Lipinski definition) is 4. The Morgan fingerprint density at radius 2 is 1.94 bits per heavy atom. The molecule has 0 radical (unpaired) electrons. The summed E-state index contributed by atoms with van der Waals surface area (Å²) < 4.78 is 0. The van der Waals surface area contributed by atoms with Gasteiger partial charge in [0.1, 0.15) is 17.7 Å². The molecule has 0 bridgehead atoms. The fourth-order valence-corrected chi connectivity index (χ4v) is 1.61. The number of hydrogen-bond donors (Lipinski definition) is 1. The van der Waals surface area contributed by atoms with Crippen molar-refractivity contribution in [3.63, 3.8) is 0 Å². The van der Waals surface area contributed by atoms with Crippen molar-refractivity contribution in [2.24, 2.45) is 0 Å². The summed E-state index contributed by atoms with van der Waals surface area (Å²) in [5.74, 6) is 1.18. The molecule has 1 aromatic heterocycles. The average Bonchev–Trinajstić information content (AvgIpc) is 2.38. The number of nitrogens with zero attached hydrogens (tertiary/aromatic N) is 3. The summed E-state index contributed by atoms with van der Waals surface area (Å²) in [5.41, 5.74) is 7.07. The number of pyridine rings is 1. The molecule has 1 heterocycles. The fourth-order valence-electron chi connectivity index (χ4n) is 1.61. The van der Waals surface area contributed by atoms with Crippen LogP contribution in [0.5, 0.6) is 0 Å². The SMILES string of the molecule is CN(c1cccc(N)n1)c1ccccc1C#N. The summed E-state index contributed by atoms with van der Waals surface area (Å²) >= 11 is 0. The minimum absolute atomic E-state index is 0.462. The molecular formula is C13H12N4. The van der Waals surface area contributed by atoms with E-state index in [0.717, 1.165) is 5.69 Å². The van der Waals surface area contributed by atoms with Crippen LogP contribution in [0.15, 0.2) is 42.5 Å². The van der Waals surface area contributed by atoms with Crippen LogP contribution in [0.2, 0.25) is 0 Å². The van der Waals surface area contributed by atoms with Gasteiger partial charge >= 0.3 is 0 Å². The van der Waals surface area contributed by atoms with Crippen LogP contribution in [0, 0.1) is 11.3 Å². The van der Waals surface area contributed by atoms with Crippen LogP contribution in [-0.2, 0) is 0 Å². The normalized spacial score (nSPS) is 9.65. The molecule has 2 aromatic rings. The molecule has 0 unspecified atom stereocenters. The first kappa shape index (κ1) is 11.0. The van der Waals surface area contributed by atoms with Crippen LogP contribution in [0.25, 0.3) is 0 Å². The lowest BCUT2D eigenvalue weighted by Gasteiger charge is -2.19. The van der Waals surface area contributed by atoms with Gasteiger partial charge in [-0.3, -0.25) is 0 Å². The van der Waals surface area contributed by atoms with Crippen molar-refractivity contribution in [2.75, 3.05) is 17.7 Å². The van der Waals surface area contributed by atoms with Gasteiger partial charge in [0.2, 0.25) is 0 Å². The second-order valence-electron chi connectivity index (χ2n) is 3.61. The predicted molar refractivity (Wildman–Crippen MR) is 67.9 cm³/mol. The van der Waals surface area contributed by atoms with E-state index in [4.69, 9.17) is 11.0 Å². The largest absolute Gasteiger partial charge is 0.384 e. The van der Waals surface area contributed by atoms with Crippen molar-refractivity contribution < 1.29 is 0 Å². The molecular weight excluding hydrogens is 212 g/mol. The molecule has 0 fully saturated rings. The second kappa shape index (κ2) is 4.54. The minimum Gasteiger partial charge on any atom is -0.384 e. The van der Waals surface area contributed by atoms with E-state index in [1.807, 2.05) is 42.3 Å². The third-order valence-electron chi connectivity index (χ3n) is 2.49. The van der Waals surface area contributed by atoms with Crippen LogP contribution in [0.4, 0.5) is 17.3 Å². The van der Waals surface area contributed by atoms with Gasteiger partial charge in [-0.1, -0.05) is 18.2 Å². The molecule has 0 aliphatic carbocycles. The Hall–Kier alpha value is -2.54. The highest BCUT2D eigenvalue weighted by Crippen LogP contribution is 2.25. The first-order valence-corrected chi connectivity index (χ1v) is 5.18. The van der Waals surface area contributed by atoms with Crippen LogP contribution >= 0.6 is 0 Å². The van der Waals surface area contributed by atoms with E-state index in [1.54, 1.807) is 12.1 Å². The third kappa shape index (κ3) is 2.18. The molecule has 17 heavy (non-hydrogen) atoms. The Labute approximate surface area is 99.9 Å². The van der Waals surface area contributed by atoms with E-state index >= 15 is 0 Å². The minimum atomic E-state index is 0.462. The summed E-state index contributed by atoms with van der Waals surface area (Å²) in [4.78, 5) is 6.06. The van der Waals surface area contributed by atoms with Gasteiger partial charge in [-0.05, 0) is 24.3 Å². The Bertz CT molecular complexity index is 572. The lowest BCUT2D eigenvalue weighted by molar-refractivity contribution is 1.13. The molecule has 0 atom stereocenters. The number of benzene rings is 1. The average molecular weight is 224 g/mol. The van der Waals surface area contributed by atoms with Gasteiger partial charge in [-0.2, -0.15) is 5.26 Å². The van der Waals surface area contributed by atoms with Gasteiger partial charge in [-0.15, -0.1) is 0 Å².